The molecule has 0 bridgehead atoms. The molecule has 0 spiro atoms. The van der Waals surface area contributed by atoms with Crippen molar-refractivity contribution in [3.8, 4) is 0 Å². The number of hydrogen-bond donors (Lipinski definition) is 3. The highest BCUT2D eigenvalue weighted by Gasteiger charge is 2.27. The lowest BCUT2D eigenvalue weighted by molar-refractivity contribution is 0.0915. The highest BCUT2D eigenvalue weighted by molar-refractivity contribution is 5.90. The van der Waals surface area contributed by atoms with Gasteiger partial charge in [0, 0.05) is 24.4 Å². The number of nitrogens with zero attached hydrogens (tertiary/aromatic N) is 2. The van der Waals surface area contributed by atoms with Gasteiger partial charge in [0.25, 0.3) is 5.91 Å². The zero-order valence-corrected chi connectivity index (χ0v) is 14.0. The maximum Gasteiger partial charge on any atom is 0.287 e. The maximum atomic E-state index is 12.1. The first-order valence-electron chi connectivity index (χ1n) is 8.04. The van der Waals surface area contributed by atoms with E-state index in [2.05, 4.69) is 20.3 Å². The van der Waals surface area contributed by atoms with Crippen LogP contribution in [0.2, 0.25) is 0 Å². The quantitative estimate of drug-likeness (QED) is 0.681. The molecule has 3 aromatic rings. The van der Waals surface area contributed by atoms with Crippen LogP contribution in [-0.4, -0.2) is 31.9 Å². The summed E-state index contributed by atoms with van der Waals surface area (Å²) < 4.78 is 0. The van der Waals surface area contributed by atoms with Crippen molar-refractivity contribution >= 4 is 29.3 Å². The lowest BCUT2D eigenvalue weighted by Gasteiger charge is -2.28. The fraction of sp³-hybridized carbons (Fsp3) is 0.353. The van der Waals surface area contributed by atoms with Gasteiger partial charge in [0.15, 0.2) is 5.82 Å². The zero-order chi connectivity index (χ0) is 15.6. The molecule has 1 aliphatic carbocycles. The van der Waals surface area contributed by atoms with E-state index in [1.54, 1.807) is 12.4 Å². The number of carbonyl (C=O) groups excluding carboxylic acids is 1. The van der Waals surface area contributed by atoms with Crippen LogP contribution in [0.25, 0.3) is 11.0 Å². The zero-order valence-electron chi connectivity index (χ0n) is 13.2. The van der Waals surface area contributed by atoms with Crippen LogP contribution in [0.3, 0.4) is 0 Å². The summed E-state index contributed by atoms with van der Waals surface area (Å²) in [4.78, 5) is 27.1. The number of para-hydroxylation sites is 2. The molecule has 0 saturated heterocycles. The first kappa shape index (κ1) is 16.5. The average Bonchev–Trinajstić information content (AvgIpc) is 3.24. The second-order valence-electron chi connectivity index (χ2n) is 6.11. The van der Waals surface area contributed by atoms with Gasteiger partial charge in [0.05, 0.1) is 11.0 Å². The number of rotatable bonds is 3. The minimum absolute atomic E-state index is 0. The third kappa shape index (κ3) is 3.28. The van der Waals surface area contributed by atoms with Gasteiger partial charge in [-0.25, -0.2) is 9.97 Å². The molecule has 2 heterocycles. The number of fused-ring (bicyclic) bond motifs is 1. The third-order valence-electron chi connectivity index (χ3n) is 4.52. The predicted octanol–water partition coefficient (Wildman–Crippen LogP) is 3.16. The van der Waals surface area contributed by atoms with Crippen LogP contribution < -0.4 is 5.32 Å². The van der Waals surface area contributed by atoms with Gasteiger partial charge in [-0.15, -0.1) is 12.4 Å². The third-order valence-corrected chi connectivity index (χ3v) is 4.52. The molecule has 1 aromatic carbocycles. The van der Waals surface area contributed by atoms with Crippen LogP contribution in [0.15, 0.2) is 36.7 Å². The second kappa shape index (κ2) is 7.05. The molecule has 126 valence electrons. The molecule has 7 heteroatoms. The highest BCUT2D eigenvalue weighted by atomic mass is 35.5. The molecule has 0 radical (unpaired) electrons. The highest BCUT2D eigenvalue weighted by Crippen LogP contribution is 2.32. The molecular weight excluding hydrogens is 326 g/mol. The summed E-state index contributed by atoms with van der Waals surface area (Å²) in [6.07, 6.45) is 7.35. The predicted molar refractivity (Wildman–Crippen MR) is 94.4 cm³/mol. The van der Waals surface area contributed by atoms with Crippen molar-refractivity contribution in [2.45, 2.75) is 37.6 Å². The number of nitrogens with one attached hydrogen (secondary N) is 3. The fourth-order valence-corrected chi connectivity index (χ4v) is 3.38. The van der Waals surface area contributed by atoms with Crippen molar-refractivity contribution in [1.82, 2.24) is 25.3 Å². The molecule has 1 aliphatic rings. The van der Waals surface area contributed by atoms with Crippen LogP contribution in [0.1, 0.15) is 48.0 Å². The number of halogens is 1. The number of hydrogen-bond acceptors (Lipinski definition) is 3. The van der Waals surface area contributed by atoms with Crippen LogP contribution in [0.4, 0.5) is 0 Å². The van der Waals surface area contributed by atoms with Gasteiger partial charge < -0.3 is 15.3 Å². The Morgan fingerprint density at radius 2 is 2.12 bits per heavy atom. The van der Waals surface area contributed by atoms with E-state index in [9.17, 15) is 4.79 Å². The summed E-state index contributed by atoms with van der Waals surface area (Å²) in [6, 6.07) is 8.25. The number of benzene rings is 1. The molecule has 6 nitrogen and oxygen atoms in total. The summed E-state index contributed by atoms with van der Waals surface area (Å²) >= 11 is 0. The standard InChI is InChI=1S/C17H19N5O.ClH/c23-17(16-18-8-9-19-16)20-12-5-3-4-11(10-12)15-21-13-6-1-2-7-14(13)22-15;/h1-2,6-9,11-12H,3-5,10H2,(H,18,19)(H,20,23)(H,21,22);1H. The Bertz CT molecular complexity index is 780. The Morgan fingerprint density at radius 3 is 2.92 bits per heavy atom. The van der Waals surface area contributed by atoms with E-state index >= 15 is 0 Å². The number of H-pyrrole nitrogens is 2. The van der Waals surface area contributed by atoms with Gasteiger partial charge in [-0.1, -0.05) is 18.6 Å². The molecule has 1 saturated carbocycles. The molecule has 2 aromatic heterocycles. The normalized spacial score (nSPS) is 20.5. The van der Waals surface area contributed by atoms with E-state index in [1.165, 1.54) is 0 Å². The number of carbonyl (C=O) groups is 1. The van der Waals surface area contributed by atoms with Gasteiger partial charge in [0.2, 0.25) is 0 Å². The fourth-order valence-electron chi connectivity index (χ4n) is 3.38. The van der Waals surface area contributed by atoms with Gasteiger partial charge in [0.1, 0.15) is 5.82 Å². The van der Waals surface area contributed by atoms with E-state index in [1.807, 2.05) is 24.3 Å². The molecule has 2 atom stereocenters. The van der Waals surface area contributed by atoms with Crippen molar-refractivity contribution in [3.05, 3.63) is 48.3 Å². The molecule has 1 fully saturated rings. The van der Waals surface area contributed by atoms with E-state index in [0.717, 1.165) is 42.5 Å². The maximum absolute atomic E-state index is 12.1. The summed E-state index contributed by atoms with van der Waals surface area (Å²) in [5.74, 6) is 1.63. The first-order valence-corrected chi connectivity index (χ1v) is 8.04. The van der Waals surface area contributed by atoms with Crippen molar-refractivity contribution in [2.75, 3.05) is 0 Å². The van der Waals surface area contributed by atoms with Gasteiger partial charge in [-0.3, -0.25) is 4.79 Å². The van der Waals surface area contributed by atoms with Crippen LogP contribution in [0, 0.1) is 0 Å². The largest absolute Gasteiger partial charge is 0.347 e. The molecule has 24 heavy (non-hydrogen) atoms. The van der Waals surface area contributed by atoms with Crippen molar-refractivity contribution in [1.29, 1.82) is 0 Å². The summed E-state index contributed by atoms with van der Waals surface area (Å²) in [5.41, 5.74) is 2.08. The van der Waals surface area contributed by atoms with E-state index in [-0.39, 0.29) is 24.4 Å². The van der Waals surface area contributed by atoms with Gasteiger partial charge >= 0.3 is 0 Å². The summed E-state index contributed by atoms with van der Waals surface area (Å²) in [7, 11) is 0. The second-order valence-corrected chi connectivity index (χ2v) is 6.11. The smallest absolute Gasteiger partial charge is 0.287 e. The van der Waals surface area contributed by atoms with Gasteiger partial charge in [-0.05, 0) is 31.4 Å². The van der Waals surface area contributed by atoms with E-state index in [0.29, 0.717) is 11.7 Å². The number of amides is 1. The van der Waals surface area contributed by atoms with E-state index in [4.69, 9.17) is 4.98 Å². The number of imidazole rings is 2. The van der Waals surface area contributed by atoms with Crippen molar-refractivity contribution in [2.24, 2.45) is 0 Å². The Kier molecular flexibility index (Phi) is 4.85. The Hall–Kier alpha value is -2.34. The molecule has 4 rings (SSSR count). The number of aromatic nitrogens is 4. The molecule has 0 aliphatic heterocycles. The summed E-state index contributed by atoms with van der Waals surface area (Å²) in [5, 5.41) is 3.08. The lowest BCUT2D eigenvalue weighted by atomic mass is 9.85. The minimum atomic E-state index is -0.134. The monoisotopic (exact) mass is 345 g/mol. The van der Waals surface area contributed by atoms with E-state index < -0.39 is 0 Å². The first-order chi connectivity index (χ1) is 11.3. The Balaban J connectivity index is 0.00000169. The lowest BCUT2D eigenvalue weighted by Crippen LogP contribution is -2.38. The van der Waals surface area contributed by atoms with Crippen LogP contribution >= 0.6 is 12.4 Å². The number of aromatic amines is 2. The van der Waals surface area contributed by atoms with Crippen LogP contribution in [0.5, 0.6) is 0 Å². The molecule has 1 amide bonds. The average molecular weight is 346 g/mol. The van der Waals surface area contributed by atoms with Crippen LogP contribution in [-0.2, 0) is 0 Å². The Labute approximate surface area is 145 Å². The summed E-state index contributed by atoms with van der Waals surface area (Å²) in [6.45, 7) is 0. The topological polar surface area (TPSA) is 86.5 Å². The SMILES string of the molecule is Cl.O=C(NC1CCCC(c2nc3ccccc3[nH]2)C1)c1ncc[nH]1. The van der Waals surface area contributed by atoms with Gasteiger partial charge in [-0.2, -0.15) is 0 Å². The molecule has 3 N–H and O–H groups in total. The molecule has 2 unspecified atom stereocenters. The van der Waals surface area contributed by atoms with Crippen molar-refractivity contribution < 1.29 is 4.79 Å². The van der Waals surface area contributed by atoms with Crippen molar-refractivity contribution in [3.63, 3.8) is 0 Å². The Morgan fingerprint density at radius 1 is 1.25 bits per heavy atom. The minimum Gasteiger partial charge on any atom is -0.347 e. The molecular formula is C17H20ClN5O.